The van der Waals surface area contributed by atoms with Gasteiger partial charge in [-0.2, -0.15) is 0 Å². The Balaban J connectivity index is 3.77. The van der Waals surface area contributed by atoms with Crippen LogP contribution in [-0.4, -0.2) is 13.6 Å². The normalized spacial score (nSPS) is 12.7. The van der Waals surface area contributed by atoms with Gasteiger partial charge in [0.25, 0.3) is 0 Å². The molecule has 0 aromatic rings. The van der Waals surface area contributed by atoms with E-state index in [1.165, 1.54) is 55.2 Å². The second kappa shape index (κ2) is 12.2. The zero-order chi connectivity index (χ0) is 14.5. The minimum atomic E-state index is 1.12. The van der Waals surface area contributed by atoms with Gasteiger partial charge in [0.05, 0.1) is 0 Å². The molecule has 0 rings (SSSR count). The van der Waals surface area contributed by atoms with E-state index in [0.717, 1.165) is 6.54 Å². The maximum Gasteiger partial charge on any atom is -0.00490 e. The number of hydrogen-bond acceptors (Lipinski definition) is 1. The molecule has 0 bridgehead atoms. The molecule has 0 atom stereocenters. The molecule has 1 nitrogen and oxygen atoms in total. The van der Waals surface area contributed by atoms with Crippen molar-refractivity contribution in [3.05, 3.63) is 34.9 Å². The van der Waals surface area contributed by atoms with Gasteiger partial charge in [0.1, 0.15) is 0 Å². The summed E-state index contributed by atoms with van der Waals surface area (Å²) in [5.41, 5.74) is 4.48. The summed E-state index contributed by atoms with van der Waals surface area (Å²) >= 11 is 0. The summed E-state index contributed by atoms with van der Waals surface area (Å²) in [4.78, 5) is 0. The Hall–Kier alpha value is -0.820. The van der Waals surface area contributed by atoms with Crippen molar-refractivity contribution < 1.29 is 0 Å². The zero-order valence-electron chi connectivity index (χ0n) is 13.7. The van der Waals surface area contributed by atoms with Crippen molar-refractivity contribution in [2.75, 3.05) is 13.6 Å². The van der Waals surface area contributed by atoms with Crippen LogP contribution in [-0.2, 0) is 0 Å². The molecule has 0 amide bonds. The maximum atomic E-state index is 3.18. The Morgan fingerprint density at radius 2 is 1.32 bits per heavy atom. The number of allylic oxidation sites excluding steroid dienone is 6. The molecule has 0 aromatic heterocycles. The molecule has 0 aliphatic heterocycles. The second-order valence-corrected chi connectivity index (χ2v) is 5.71. The van der Waals surface area contributed by atoms with Crippen LogP contribution in [0.2, 0.25) is 0 Å². The molecule has 0 spiro atoms. The highest BCUT2D eigenvalue weighted by molar-refractivity contribution is 5.05. The molecule has 0 aromatic carbocycles. The van der Waals surface area contributed by atoms with Gasteiger partial charge in [0, 0.05) is 0 Å². The van der Waals surface area contributed by atoms with Crippen LogP contribution < -0.4 is 5.32 Å². The van der Waals surface area contributed by atoms with Crippen LogP contribution in [0.4, 0.5) is 0 Å². The first-order chi connectivity index (χ1) is 9.06. The minimum Gasteiger partial charge on any atom is -0.320 e. The Bertz CT molecular complexity index is 304. The molecule has 1 N–H and O–H groups in total. The third kappa shape index (κ3) is 13.4. The summed E-state index contributed by atoms with van der Waals surface area (Å²) in [5, 5.41) is 3.18. The monoisotopic (exact) mass is 263 g/mol. The number of rotatable bonds is 10. The standard InChI is InChI=1S/C18H33N/c1-16(2)10-8-12-18(4)14-9-13-17(3)11-6-7-15-19-5/h10-11,14,19H,6-9,12-13,15H2,1-5H3/b17-11+,18-14+. The van der Waals surface area contributed by atoms with Crippen LogP contribution in [0.5, 0.6) is 0 Å². The number of nitrogens with one attached hydrogen (secondary N) is 1. The fraction of sp³-hybridized carbons (Fsp3) is 0.667. The van der Waals surface area contributed by atoms with Crippen molar-refractivity contribution in [3.63, 3.8) is 0 Å². The third-order valence-corrected chi connectivity index (χ3v) is 3.25. The second-order valence-electron chi connectivity index (χ2n) is 5.71. The van der Waals surface area contributed by atoms with E-state index in [0.29, 0.717) is 0 Å². The first-order valence-corrected chi connectivity index (χ1v) is 7.65. The lowest BCUT2D eigenvalue weighted by molar-refractivity contribution is 0.731. The molecule has 0 saturated carbocycles. The van der Waals surface area contributed by atoms with Gasteiger partial charge in [0.2, 0.25) is 0 Å². The lowest BCUT2D eigenvalue weighted by Crippen LogP contribution is -2.06. The van der Waals surface area contributed by atoms with Crippen molar-refractivity contribution in [1.29, 1.82) is 0 Å². The van der Waals surface area contributed by atoms with E-state index in [2.05, 4.69) is 51.2 Å². The quantitative estimate of drug-likeness (QED) is 0.411. The Morgan fingerprint density at radius 3 is 1.84 bits per heavy atom. The van der Waals surface area contributed by atoms with E-state index < -0.39 is 0 Å². The number of hydrogen-bond donors (Lipinski definition) is 1. The van der Waals surface area contributed by atoms with Gasteiger partial charge in [-0.15, -0.1) is 0 Å². The molecular formula is C18H33N. The fourth-order valence-electron chi connectivity index (χ4n) is 1.97. The highest BCUT2D eigenvalue weighted by atomic mass is 14.8. The van der Waals surface area contributed by atoms with Crippen LogP contribution in [0, 0.1) is 0 Å². The van der Waals surface area contributed by atoms with Gasteiger partial charge in [-0.3, -0.25) is 0 Å². The van der Waals surface area contributed by atoms with Crippen molar-refractivity contribution in [3.8, 4) is 0 Å². The van der Waals surface area contributed by atoms with Gasteiger partial charge < -0.3 is 5.32 Å². The van der Waals surface area contributed by atoms with E-state index in [9.17, 15) is 0 Å². The maximum absolute atomic E-state index is 3.18. The zero-order valence-corrected chi connectivity index (χ0v) is 13.7. The van der Waals surface area contributed by atoms with Crippen molar-refractivity contribution in [2.45, 2.75) is 66.2 Å². The molecule has 0 heterocycles. The van der Waals surface area contributed by atoms with Gasteiger partial charge in [-0.25, -0.2) is 0 Å². The van der Waals surface area contributed by atoms with Crippen LogP contribution in [0.3, 0.4) is 0 Å². The fourth-order valence-corrected chi connectivity index (χ4v) is 1.97. The molecule has 0 aliphatic rings. The van der Waals surface area contributed by atoms with Crippen LogP contribution in [0.25, 0.3) is 0 Å². The SMILES string of the molecule is CNCCC/C=C(\C)CC/C=C(\C)CCC=C(C)C. The van der Waals surface area contributed by atoms with E-state index in [1.54, 1.807) is 0 Å². The van der Waals surface area contributed by atoms with Gasteiger partial charge >= 0.3 is 0 Å². The molecule has 110 valence electrons. The smallest absolute Gasteiger partial charge is 0.00490 e. The van der Waals surface area contributed by atoms with Crippen molar-refractivity contribution >= 4 is 0 Å². The number of unbranched alkanes of at least 4 members (excludes halogenated alkanes) is 1. The Kier molecular flexibility index (Phi) is 11.7. The molecule has 1 heteroatoms. The summed E-state index contributed by atoms with van der Waals surface area (Å²) in [7, 11) is 2.01. The largest absolute Gasteiger partial charge is 0.320 e. The summed E-state index contributed by atoms with van der Waals surface area (Å²) < 4.78 is 0. The molecular weight excluding hydrogens is 230 g/mol. The van der Waals surface area contributed by atoms with Crippen LogP contribution in [0.1, 0.15) is 66.2 Å². The van der Waals surface area contributed by atoms with Crippen LogP contribution >= 0.6 is 0 Å². The first kappa shape index (κ1) is 18.2. The van der Waals surface area contributed by atoms with Gasteiger partial charge in [0.15, 0.2) is 0 Å². The summed E-state index contributed by atoms with van der Waals surface area (Å²) in [6, 6.07) is 0. The van der Waals surface area contributed by atoms with Gasteiger partial charge in [-0.05, 0) is 79.8 Å². The first-order valence-electron chi connectivity index (χ1n) is 7.65. The molecule has 0 aliphatic carbocycles. The molecule has 0 saturated heterocycles. The lowest BCUT2D eigenvalue weighted by atomic mass is 10.1. The van der Waals surface area contributed by atoms with Crippen LogP contribution in [0.15, 0.2) is 34.9 Å². The molecule has 0 fully saturated rings. The molecule has 19 heavy (non-hydrogen) atoms. The van der Waals surface area contributed by atoms with E-state index in [1.807, 2.05) is 7.05 Å². The topological polar surface area (TPSA) is 12.0 Å². The van der Waals surface area contributed by atoms with E-state index in [-0.39, 0.29) is 0 Å². The van der Waals surface area contributed by atoms with Crippen molar-refractivity contribution in [2.24, 2.45) is 0 Å². The predicted molar refractivity (Wildman–Crippen MR) is 88.6 cm³/mol. The van der Waals surface area contributed by atoms with Gasteiger partial charge in [-0.1, -0.05) is 34.9 Å². The highest BCUT2D eigenvalue weighted by Crippen LogP contribution is 2.12. The highest BCUT2D eigenvalue weighted by Gasteiger charge is 1.92. The van der Waals surface area contributed by atoms with E-state index in [4.69, 9.17) is 0 Å². The third-order valence-electron chi connectivity index (χ3n) is 3.25. The van der Waals surface area contributed by atoms with E-state index >= 15 is 0 Å². The summed E-state index contributed by atoms with van der Waals surface area (Å²) in [5.74, 6) is 0. The molecule has 0 unspecified atom stereocenters. The molecule has 0 radical (unpaired) electrons. The summed E-state index contributed by atoms with van der Waals surface area (Å²) in [6.07, 6.45) is 14.4. The lowest BCUT2D eigenvalue weighted by Gasteiger charge is -2.02. The Morgan fingerprint density at radius 1 is 0.789 bits per heavy atom. The van der Waals surface area contributed by atoms with Crippen molar-refractivity contribution in [1.82, 2.24) is 5.32 Å². The predicted octanol–water partition coefficient (Wildman–Crippen LogP) is 5.41. The Labute approximate surface area is 120 Å². The average Bonchev–Trinajstić information content (AvgIpc) is 2.34. The summed E-state index contributed by atoms with van der Waals surface area (Å²) in [6.45, 7) is 9.96. The minimum absolute atomic E-state index is 1.12. The average molecular weight is 263 g/mol.